The molecule has 0 aliphatic carbocycles. The van der Waals surface area contributed by atoms with Gasteiger partial charge in [-0.05, 0) is 24.1 Å². The van der Waals surface area contributed by atoms with Crippen LogP contribution in [0.4, 0.5) is 0 Å². The zero-order valence-electron chi connectivity index (χ0n) is 14.6. The van der Waals surface area contributed by atoms with Crippen LogP contribution >= 0.6 is 0 Å². The standard InChI is InChI=1S/C21H22N2O3/c24-19-12-13-20(25)23(19)15-7-14-22(16-17-8-3-1-4-9-17)21(26)18-10-5-2-6-11-18/h1-6,8-11H,7,12-16H2. The zero-order valence-corrected chi connectivity index (χ0v) is 14.6. The predicted molar refractivity (Wildman–Crippen MR) is 98.2 cm³/mol. The molecule has 3 amide bonds. The summed E-state index contributed by atoms with van der Waals surface area (Å²) in [6, 6.07) is 19.0. The third-order valence-electron chi connectivity index (χ3n) is 4.49. The number of likely N-dealkylation sites (tertiary alicyclic amines) is 1. The van der Waals surface area contributed by atoms with Crippen LogP contribution in [0.25, 0.3) is 0 Å². The number of carbonyl (C=O) groups excluding carboxylic acids is 3. The normalized spacial score (nSPS) is 13.9. The Balaban J connectivity index is 1.67. The minimum Gasteiger partial charge on any atom is -0.334 e. The van der Waals surface area contributed by atoms with Crippen LogP contribution in [0.2, 0.25) is 0 Å². The Hall–Kier alpha value is -2.95. The Kier molecular flexibility index (Phi) is 5.79. The molecule has 0 unspecified atom stereocenters. The molecule has 3 rings (SSSR count). The van der Waals surface area contributed by atoms with Crippen molar-refractivity contribution < 1.29 is 14.4 Å². The van der Waals surface area contributed by atoms with Crippen molar-refractivity contribution in [1.29, 1.82) is 0 Å². The van der Waals surface area contributed by atoms with Gasteiger partial charge in [0.2, 0.25) is 11.8 Å². The van der Waals surface area contributed by atoms with Crippen LogP contribution in [0.3, 0.4) is 0 Å². The first-order chi connectivity index (χ1) is 12.6. The lowest BCUT2D eigenvalue weighted by atomic mass is 10.1. The molecular formula is C21H22N2O3. The number of benzene rings is 2. The highest BCUT2D eigenvalue weighted by Crippen LogP contribution is 2.14. The maximum absolute atomic E-state index is 12.9. The third kappa shape index (κ3) is 4.36. The van der Waals surface area contributed by atoms with Crippen molar-refractivity contribution in [3.63, 3.8) is 0 Å². The molecule has 0 bridgehead atoms. The van der Waals surface area contributed by atoms with Gasteiger partial charge in [0.25, 0.3) is 5.91 Å². The van der Waals surface area contributed by atoms with E-state index in [0.29, 0.717) is 44.5 Å². The molecule has 2 aromatic rings. The fourth-order valence-corrected chi connectivity index (χ4v) is 3.11. The van der Waals surface area contributed by atoms with Crippen molar-refractivity contribution in [2.45, 2.75) is 25.8 Å². The highest BCUT2D eigenvalue weighted by molar-refractivity contribution is 6.01. The predicted octanol–water partition coefficient (Wildman–Crippen LogP) is 2.87. The second-order valence-corrected chi connectivity index (χ2v) is 6.37. The summed E-state index contributed by atoms with van der Waals surface area (Å²) in [6.45, 7) is 1.35. The van der Waals surface area contributed by atoms with Gasteiger partial charge in [-0.25, -0.2) is 0 Å². The zero-order chi connectivity index (χ0) is 18.4. The second-order valence-electron chi connectivity index (χ2n) is 6.37. The van der Waals surface area contributed by atoms with E-state index in [1.807, 2.05) is 48.5 Å². The molecule has 5 nitrogen and oxygen atoms in total. The average Bonchev–Trinajstić information content (AvgIpc) is 3.00. The van der Waals surface area contributed by atoms with Crippen LogP contribution < -0.4 is 0 Å². The van der Waals surface area contributed by atoms with Gasteiger partial charge in [0.1, 0.15) is 0 Å². The minimum absolute atomic E-state index is 0.0477. The van der Waals surface area contributed by atoms with E-state index in [-0.39, 0.29) is 17.7 Å². The second kappa shape index (κ2) is 8.43. The average molecular weight is 350 g/mol. The van der Waals surface area contributed by atoms with Gasteiger partial charge >= 0.3 is 0 Å². The van der Waals surface area contributed by atoms with E-state index in [1.54, 1.807) is 17.0 Å². The molecule has 0 saturated carbocycles. The number of hydrogen-bond acceptors (Lipinski definition) is 3. The summed E-state index contributed by atoms with van der Waals surface area (Å²) in [7, 11) is 0. The van der Waals surface area contributed by atoms with Crippen LogP contribution in [0.1, 0.15) is 35.2 Å². The third-order valence-corrected chi connectivity index (χ3v) is 4.49. The van der Waals surface area contributed by atoms with Crippen LogP contribution in [-0.2, 0) is 16.1 Å². The van der Waals surface area contributed by atoms with Gasteiger partial charge in [-0.15, -0.1) is 0 Å². The van der Waals surface area contributed by atoms with E-state index in [4.69, 9.17) is 0 Å². The van der Waals surface area contributed by atoms with E-state index < -0.39 is 0 Å². The van der Waals surface area contributed by atoms with Crippen molar-refractivity contribution in [3.05, 3.63) is 71.8 Å². The van der Waals surface area contributed by atoms with Gasteiger partial charge < -0.3 is 4.90 Å². The topological polar surface area (TPSA) is 57.7 Å². The Morgan fingerprint density at radius 1 is 0.885 bits per heavy atom. The molecule has 0 N–H and O–H groups in total. The molecule has 2 aromatic carbocycles. The number of carbonyl (C=O) groups is 3. The molecule has 134 valence electrons. The number of amides is 3. The van der Waals surface area contributed by atoms with Crippen molar-refractivity contribution in [2.75, 3.05) is 13.1 Å². The number of rotatable bonds is 7. The molecule has 1 fully saturated rings. The highest BCUT2D eigenvalue weighted by atomic mass is 16.2. The molecule has 0 aromatic heterocycles. The van der Waals surface area contributed by atoms with Gasteiger partial charge in [-0.1, -0.05) is 48.5 Å². The Bertz CT molecular complexity index is 758. The van der Waals surface area contributed by atoms with E-state index >= 15 is 0 Å². The molecule has 5 heteroatoms. The molecule has 1 saturated heterocycles. The van der Waals surface area contributed by atoms with Gasteiger partial charge in [-0.3, -0.25) is 19.3 Å². The summed E-state index contributed by atoms with van der Waals surface area (Å²) in [4.78, 5) is 39.4. The first kappa shape index (κ1) is 17.9. The Labute approximate surface area is 153 Å². The van der Waals surface area contributed by atoms with Crippen LogP contribution in [0, 0.1) is 0 Å². The van der Waals surface area contributed by atoms with Gasteiger partial charge in [0, 0.05) is 38.0 Å². The lowest BCUT2D eigenvalue weighted by molar-refractivity contribution is -0.138. The summed E-state index contributed by atoms with van der Waals surface area (Å²) in [5, 5.41) is 0. The Morgan fingerprint density at radius 3 is 2.08 bits per heavy atom. The smallest absolute Gasteiger partial charge is 0.254 e. The van der Waals surface area contributed by atoms with E-state index in [1.165, 1.54) is 4.90 Å². The van der Waals surface area contributed by atoms with Gasteiger partial charge in [0.15, 0.2) is 0 Å². The van der Waals surface area contributed by atoms with E-state index in [9.17, 15) is 14.4 Å². The summed E-state index contributed by atoms with van der Waals surface area (Å²) in [5.41, 5.74) is 1.68. The fraction of sp³-hybridized carbons (Fsp3) is 0.286. The fourth-order valence-electron chi connectivity index (χ4n) is 3.11. The molecule has 1 aliphatic rings. The lowest BCUT2D eigenvalue weighted by Gasteiger charge is -2.24. The number of nitrogens with zero attached hydrogens (tertiary/aromatic N) is 2. The molecule has 1 heterocycles. The summed E-state index contributed by atoms with van der Waals surface area (Å²) in [5.74, 6) is -0.272. The maximum Gasteiger partial charge on any atom is 0.254 e. The highest BCUT2D eigenvalue weighted by Gasteiger charge is 2.28. The molecule has 0 radical (unpaired) electrons. The number of hydrogen-bond donors (Lipinski definition) is 0. The van der Waals surface area contributed by atoms with E-state index in [0.717, 1.165) is 5.56 Å². The maximum atomic E-state index is 12.9. The van der Waals surface area contributed by atoms with Crippen molar-refractivity contribution in [1.82, 2.24) is 9.80 Å². The van der Waals surface area contributed by atoms with Crippen molar-refractivity contribution in [3.8, 4) is 0 Å². The molecule has 0 atom stereocenters. The number of imide groups is 1. The van der Waals surface area contributed by atoms with Crippen LogP contribution in [0.5, 0.6) is 0 Å². The van der Waals surface area contributed by atoms with Crippen LogP contribution in [0.15, 0.2) is 60.7 Å². The summed E-state index contributed by atoms with van der Waals surface area (Å²) < 4.78 is 0. The van der Waals surface area contributed by atoms with Gasteiger partial charge in [-0.2, -0.15) is 0 Å². The minimum atomic E-state index is -0.112. The van der Waals surface area contributed by atoms with E-state index in [2.05, 4.69) is 0 Å². The SMILES string of the molecule is O=C(c1ccccc1)N(CCCN1C(=O)CCC1=O)Cc1ccccc1. The lowest BCUT2D eigenvalue weighted by Crippen LogP contribution is -2.35. The van der Waals surface area contributed by atoms with Crippen molar-refractivity contribution in [2.24, 2.45) is 0 Å². The largest absolute Gasteiger partial charge is 0.334 e. The molecular weight excluding hydrogens is 328 g/mol. The summed E-state index contributed by atoms with van der Waals surface area (Å²) >= 11 is 0. The monoisotopic (exact) mass is 350 g/mol. The Morgan fingerprint density at radius 2 is 1.46 bits per heavy atom. The van der Waals surface area contributed by atoms with Crippen LogP contribution in [-0.4, -0.2) is 40.6 Å². The molecule has 0 spiro atoms. The van der Waals surface area contributed by atoms with Crippen molar-refractivity contribution >= 4 is 17.7 Å². The molecule has 1 aliphatic heterocycles. The quantitative estimate of drug-likeness (QED) is 0.722. The first-order valence-electron chi connectivity index (χ1n) is 8.86. The first-order valence-corrected chi connectivity index (χ1v) is 8.86. The van der Waals surface area contributed by atoms with Gasteiger partial charge in [0.05, 0.1) is 0 Å². The summed E-state index contributed by atoms with van der Waals surface area (Å²) in [6.07, 6.45) is 1.17. The molecule has 26 heavy (non-hydrogen) atoms.